The zero-order valence-corrected chi connectivity index (χ0v) is 20.1. The molecule has 1 amide bonds. The van der Waals surface area contributed by atoms with Gasteiger partial charge in [0.05, 0.1) is 12.4 Å². The van der Waals surface area contributed by atoms with Crippen LogP contribution >= 0.6 is 0 Å². The number of carbonyl (C=O) groups excluding carboxylic acids is 2. The van der Waals surface area contributed by atoms with Crippen LogP contribution in [0.25, 0.3) is 21.6 Å². The van der Waals surface area contributed by atoms with E-state index in [1.165, 1.54) is 12.7 Å². The highest BCUT2D eigenvalue weighted by atomic mass is 16.7. The van der Waals surface area contributed by atoms with Crippen LogP contribution in [0.5, 0.6) is 5.75 Å². The molecule has 0 radical (unpaired) electrons. The predicted octanol–water partition coefficient (Wildman–Crippen LogP) is 4.65. The first kappa shape index (κ1) is 24.7. The predicted molar refractivity (Wildman–Crippen MR) is 134 cm³/mol. The summed E-state index contributed by atoms with van der Waals surface area (Å²) in [5, 5.41) is 6.59. The normalized spacial score (nSPS) is 20.4. The monoisotopic (exact) mass is 514 g/mol. The molecular formula is C25H22N8O5. The van der Waals surface area contributed by atoms with Crippen LogP contribution in [0, 0.1) is 0 Å². The summed E-state index contributed by atoms with van der Waals surface area (Å²) >= 11 is 0. The lowest BCUT2D eigenvalue weighted by Gasteiger charge is -2.22. The Balaban J connectivity index is 1.45. The second-order valence-corrected chi connectivity index (χ2v) is 8.28. The van der Waals surface area contributed by atoms with Crippen molar-refractivity contribution in [2.45, 2.75) is 37.8 Å². The summed E-state index contributed by atoms with van der Waals surface area (Å²) in [6.07, 6.45) is -0.350. The molecular weight excluding hydrogens is 492 g/mol. The Bertz CT molecular complexity index is 1490. The van der Waals surface area contributed by atoms with Crippen LogP contribution in [-0.2, 0) is 9.47 Å². The van der Waals surface area contributed by atoms with E-state index in [4.69, 9.17) is 14.2 Å². The molecule has 1 N–H and O–H groups in total. The van der Waals surface area contributed by atoms with Crippen LogP contribution in [-0.4, -0.2) is 49.8 Å². The summed E-state index contributed by atoms with van der Waals surface area (Å²) in [7, 11) is 0. The van der Waals surface area contributed by atoms with Gasteiger partial charge in [-0.2, -0.15) is 0 Å². The minimum atomic E-state index is -1.05. The number of benzene rings is 2. The maximum atomic E-state index is 12.7. The van der Waals surface area contributed by atoms with Crippen molar-refractivity contribution in [3.8, 4) is 5.75 Å². The van der Waals surface area contributed by atoms with Gasteiger partial charge in [-0.3, -0.25) is 9.36 Å². The number of hydrogen-bond acceptors (Lipinski definition) is 9. The fourth-order valence-corrected chi connectivity index (χ4v) is 4.23. The van der Waals surface area contributed by atoms with Gasteiger partial charge >= 0.3 is 6.16 Å². The minimum Gasteiger partial charge on any atom is -0.425 e. The van der Waals surface area contributed by atoms with E-state index < -0.39 is 30.6 Å². The Hall–Kier alpha value is -5.00. The number of ether oxygens (including phenoxy) is 3. The number of nitrogens with zero attached hydrogens (tertiary/aromatic N) is 7. The molecule has 2 aromatic carbocycles. The molecule has 4 aromatic rings. The average Bonchev–Trinajstić information content (AvgIpc) is 3.52. The van der Waals surface area contributed by atoms with Crippen molar-refractivity contribution in [2.24, 2.45) is 5.11 Å². The number of anilines is 1. The third-order valence-electron chi connectivity index (χ3n) is 5.98. The van der Waals surface area contributed by atoms with Gasteiger partial charge in [-0.25, -0.2) is 19.7 Å². The molecule has 0 aliphatic carbocycles. The quantitative estimate of drug-likeness (QED) is 0.122. The van der Waals surface area contributed by atoms with Crippen molar-refractivity contribution < 1.29 is 23.8 Å². The number of azide groups is 1. The molecule has 13 heteroatoms. The molecule has 3 heterocycles. The second kappa shape index (κ2) is 10.9. The highest BCUT2D eigenvalue weighted by Gasteiger charge is 2.48. The Kier molecular flexibility index (Phi) is 7.11. The topological polar surface area (TPSA) is 166 Å². The SMILES string of the molecule is CC[C@H]1O[C@@H](n2cnc3c(NC(=O)c4ccccc4)ncnc32)[C@H](OC(=O)Oc2ccccc2)[C@@H]1N=[N+]=[N-]. The van der Waals surface area contributed by atoms with Crippen molar-refractivity contribution in [1.29, 1.82) is 0 Å². The third kappa shape index (κ3) is 4.96. The highest BCUT2D eigenvalue weighted by Crippen LogP contribution is 2.37. The van der Waals surface area contributed by atoms with Gasteiger partial charge in [0.25, 0.3) is 5.91 Å². The summed E-state index contributed by atoms with van der Waals surface area (Å²) in [6, 6.07) is 16.3. The van der Waals surface area contributed by atoms with E-state index in [2.05, 4.69) is 30.3 Å². The van der Waals surface area contributed by atoms with Crippen molar-refractivity contribution in [1.82, 2.24) is 19.5 Å². The van der Waals surface area contributed by atoms with Crippen LogP contribution < -0.4 is 10.1 Å². The first-order valence-corrected chi connectivity index (χ1v) is 11.8. The summed E-state index contributed by atoms with van der Waals surface area (Å²) in [5.41, 5.74) is 10.2. The van der Waals surface area contributed by atoms with Gasteiger partial charge in [-0.15, -0.1) is 0 Å². The first-order chi connectivity index (χ1) is 18.6. The van der Waals surface area contributed by atoms with E-state index in [0.717, 1.165) is 0 Å². The van der Waals surface area contributed by atoms with E-state index in [9.17, 15) is 15.1 Å². The molecule has 5 rings (SSSR count). The van der Waals surface area contributed by atoms with Crippen LogP contribution in [0.1, 0.15) is 29.9 Å². The first-order valence-electron chi connectivity index (χ1n) is 11.8. The van der Waals surface area contributed by atoms with Crippen LogP contribution in [0.4, 0.5) is 10.6 Å². The number of nitrogens with one attached hydrogen (secondary N) is 1. The molecule has 13 nitrogen and oxygen atoms in total. The number of carbonyl (C=O) groups is 2. The fourth-order valence-electron chi connectivity index (χ4n) is 4.23. The zero-order valence-electron chi connectivity index (χ0n) is 20.1. The smallest absolute Gasteiger partial charge is 0.425 e. The third-order valence-corrected chi connectivity index (χ3v) is 5.98. The van der Waals surface area contributed by atoms with Crippen LogP contribution in [0.2, 0.25) is 0 Å². The van der Waals surface area contributed by atoms with Gasteiger partial charge in [-0.05, 0) is 36.2 Å². The van der Waals surface area contributed by atoms with Gasteiger partial charge in [0.15, 0.2) is 29.3 Å². The van der Waals surface area contributed by atoms with Crippen molar-refractivity contribution in [3.63, 3.8) is 0 Å². The molecule has 1 saturated heterocycles. The van der Waals surface area contributed by atoms with Crippen molar-refractivity contribution >= 4 is 29.0 Å². The van der Waals surface area contributed by atoms with E-state index in [1.807, 2.05) is 13.0 Å². The molecule has 1 fully saturated rings. The molecule has 0 unspecified atom stereocenters. The summed E-state index contributed by atoms with van der Waals surface area (Å²) < 4.78 is 18.6. The second-order valence-electron chi connectivity index (χ2n) is 8.28. The van der Waals surface area contributed by atoms with Gasteiger partial charge < -0.3 is 19.5 Å². The number of hydrogen-bond donors (Lipinski definition) is 1. The molecule has 0 saturated carbocycles. The average molecular weight is 515 g/mol. The van der Waals surface area contributed by atoms with Gasteiger partial charge in [-0.1, -0.05) is 48.4 Å². The largest absolute Gasteiger partial charge is 0.514 e. The molecule has 0 bridgehead atoms. The Morgan fingerprint density at radius 2 is 1.84 bits per heavy atom. The van der Waals surface area contributed by atoms with Gasteiger partial charge in [0.1, 0.15) is 18.1 Å². The zero-order chi connectivity index (χ0) is 26.5. The number of rotatable bonds is 7. The molecule has 0 spiro atoms. The summed E-state index contributed by atoms with van der Waals surface area (Å²) in [5.74, 6) is 0.122. The van der Waals surface area contributed by atoms with Crippen molar-refractivity contribution in [2.75, 3.05) is 5.32 Å². The molecule has 2 aromatic heterocycles. The van der Waals surface area contributed by atoms with E-state index in [0.29, 0.717) is 28.9 Å². The maximum absolute atomic E-state index is 12.7. The van der Waals surface area contributed by atoms with E-state index in [-0.39, 0.29) is 11.7 Å². The summed E-state index contributed by atoms with van der Waals surface area (Å²) in [6.45, 7) is 1.86. The fraction of sp³-hybridized carbons (Fsp3) is 0.240. The number of aromatic nitrogens is 4. The lowest BCUT2D eigenvalue weighted by atomic mass is 10.1. The van der Waals surface area contributed by atoms with Crippen LogP contribution in [0.3, 0.4) is 0 Å². The van der Waals surface area contributed by atoms with Crippen LogP contribution in [0.15, 0.2) is 78.4 Å². The summed E-state index contributed by atoms with van der Waals surface area (Å²) in [4.78, 5) is 41.2. The van der Waals surface area contributed by atoms with E-state index in [1.54, 1.807) is 59.2 Å². The lowest BCUT2D eigenvalue weighted by molar-refractivity contribution is -0.0472. The maximum Gasteiger partial charge on any atom is 0.514 e. The van der Waals surface area contributed by atoms with E-state index >= 15 is 0 Å². The standard InChI is InChI=1S/C25H22N8O5/c1-2-17-18(31-32-26)20(38-25(35)36-16-11-7-4-8-12-16)24(37-17)33-14-29-19-21(27-13-28-22(19)33)30-23(34)15-9-5-3-6-10-15/h3-14,17-18,20,24H,2H2,1H3,(H,27,28,30,34)/t17-,18-,20-,24-/m1/s1. The Morgan fingerprint density at radius 3 is 2.55 bits per heavy atom. The highest BCUT2D eigenvalue weighted by molar-refractivity contribution is 6.06. The molecule has 1 aliphatic rings. The lowest BCUT2D eigenvalue weighted by Crippen LogP contribution is -2.35. The minimum absolute atomic E-state index is 0.195. The number of para-hydroxylation sites is 1. The Labute approximate surface area is 216 Å². The number of fused-ring (bicyclic) bond motifs is 1. The van der Waals surface area contributed by atoms with Gasteiger partial charge in [0.2, 0.25) is 0 Å². The Morgan fingerprint density at radius 1 is 1.11 bits per heavy atom. The molecule has 1 aliphatic heterocycles. The molecule has 38 heavy (non-hydrogen) atoms. The molecule has 4 atom stereocenters. The molecule has 192 valence electrons. The van der Waals surface area contributed by atoms with Crippen molar-refractivity contribution in [3.05, 3.63) is 89.3 Å². The number of imidazole rings is 1. The number of amides is 1. The van der Waals surface area contributed by atoms with Gasteiger partial charge in [0, 0.05) is 10.5 Å².